The Bertz CT molecular complexity index is 1140. The van der Waals surface area contributed by atoms with Crippen molar-refractivity contribution in [2.45, 2.75) is 160 Å². The summed E-state index contributed by atoms with van der Waals surface area (Å²) in [6, 6.07) is 10.2. The van der Waals surface area contributed by atoms with Crippen LogP contribution in [0, 0.1) is 0 Å². The van der Waals surface area contributed by atoms with Gasteiger partial charge in [-0.25, -0.2) is 0 Å². The van der Waals surface area contributed by atoms with E-state index < -0.39 is 15.2 Å². The molecule has 1 heterocycles. The molecular weight excluding hydrogens is 666 g/mol. The van der Waals surface area contributed by atoms with Crippen LogP contribution in [0.25, 0.3) is 0 Å². The summed E-state index contributed by atoms with van der Waals surface area (Å²) in [6.07, 6.45) is 0. The van der Waals surface area contributed by atoms with Crippen LogP contribution in [0.15, 0.2) is 24.3 Å². The lowest BCUT2D eigenvalue weighted by Gasteiger charge is -2.35. The highest BCUT2D eigenvalue weighted by atomic mass is 79.9. The lowest BCUT2D eigenvalue weighted by molar-refractivity contribution is 0.553. The molecule has 0 spiro atoms. The third-order valence-electron chi connectivity index (χ3n) is 8.28. The van der Waals surface area contributed by atoms with Gasteiger partial charge in [0.05, 0.1) is 0 Å². The van der Waals surface area contributed by atoms with Crippen LogP contribution in [0.2, 0.25) is 0 Å². The Labute approximate surface area is 273 Å². The molecule has 2 atom stereocenters. The molecule has 0 aromatic heterocycles. The molecule has 0 aliphatic carbocycles. The summed E-state index contributed by atoms with van der Waals surface area (Å²) in [7, 11) is -1.03. The number of benzene rings is 2. The molecule has 0 nitrogen and oxygen atoms in total. The molecule has 3 rings (SSSR count). The van der Waals surface area contributed by atoms with Crippen LogP contribution in [-0.2, 0) is 32.5 Å². The molecular formula is C37H58Br2P2. The van der Waals surface area contributed by atoms with E-state index in [0.29, 0.717) is 0 Å². The number of hydrogen-bond donors (Lipinski definition) is 0. The average molecular weight is 725 g/mol. The summed E-state index contributed by atoms with van der Waals surface area (Å²) in [5.74, 6) is 0. The normalized spacial score (nSPS) is 20.4. The maximum Gasteiger partial charge on any atom is 0.135 e. The van der Waals surface area contributed by atoms with Crippen LogP contribution in [0.1, 0.15) is 158 Å². The second kappa shape index (κ2) is 10.7. The fourth-order valence-corrected chi connectivity index (χ4v) is 20.8. The SMILES string of the molecule is CC(C)(C)c1cc(C(C)(C)C)c([P@]2[P@@](c3c(C(C)(C)C)cc(C(C)(C)C)cc3C(C)(C)C)C2(Br)Br)c(C(C)(C)C)c1. The van der Waals surface area contributed by atoms with E-state index in [9.17, 15) is 0 Å². The number of alkyl halides is 2. The van der Waals surface area contributed by atoms with Gasteiger partial charge in [0, 0.05) is 0 Å². The standard InChI is InChI=1S/C37H58Br2P2/c1-31(2,3)23-19-25(33(7,8)9)29(26(20-23)34(10,11)12)40-37(38,39)41(40)30-27(35(13,14)15)21-24(32(4,5)6)22-28(30)36(16,17)18/h19-22H,1-18H3/t40-,41-/m0/s1. The minimum atomic E-state index is -0.513. The third kappa shape index (κ3) is 7.23. The second-order valence-electron chi connectivity index (χ2n) is 18.5. The first-order chi connectivity index (χ1) is 17.9. The molecule has 2 aromatic carbocycles. The number of halogens is 2. The van der Waals surface area contributed by atoms with Gasteiger partial charge in [0.25, 0.3) is 0 Å². The predicted molar refractivity (Wildman–Crippen MR) is 199 cm³/mol. The van der Waals surface area contributed by atoms with Crippen LogP contribution in [0.3, 0.4) is 0 Å². The quantitative estimate of drug-likeness (QED) is 0.214. The molecule has 0 saturated carbocycles. The van der Waals surface area contributed by atoms with Gasteiger partial charge >= 0.3 is 0 Å². The summed E-state index contributed by atoms with van der Waals surface area (Å²) in [6.45, 7) is 43.1. The molecule has 230 valence electrons. The van der Waals surface area contributed by atoms with Gasteiger partial charge in [-0.3, -0.25) is 0 Å². The van der Waals surface area contributed by atoms with Crippen molar-refractivity contribution in [3.05, 3.63) is 57.6 Å². The molecule has 1 saturated heterocycles. The summed E-state index contributed by atoms with van der Waals surface area (Å²) in [5, 5.41) is 3.26. The highest BCUT2D eigenvalue weighted by molar-refractivity contribution is 9.33. The predicted octanol–water partition coefficient (Wildman–Crippen LogP) is 12.7. The molecule has 0 radical (unpaired) electrons. The summed E-state index contributed by atoms with van der Waals surface area (Å²) in [4.78, 5) is 0. The van der Waals surface area contributed by atoms with Gasteiger partial charge in [-0.15, -0.1) is 0 Å². The van der Waals surface area contributed by atoms with E-state index in [1.54, 1.807) is 10.6 Å². The van der Waals surface area contributed by atoms with E-state index in [4.69, 9.17) is 0 Å². The molecule has 0 amide bonds. The van der Waals surface area contributed by atoms with E-state index in [1.807, 2.05) is 0 Å². The smallest absolute Gasteiger partial charge is 0.0609 e. The van der Waals surface area contributed by atoms with Gasteiger partial charge in [-0.05, 0) is 91.7 Å². The van der Waals surface area contributed by atoms with Gasteiger partial charge in [0.15, 0.2) is 0 Å². The summed E-state index contributed by atoms with van der Waals surface area (Å²) >= 11 is 8.77. The molecule has 0 unspecified atom stereocenters. The lowest BCUT2D eigenvalue weighted by atomic mass is 9.75. The van der Waals surface area contributed by atoms with Crippen LogP contribution in [0.4, 0.5) is 0 Å². The van der Waals surface area contributed by atoms with E-state index in [1.165, 1.54) is 33.4 Å². The van der Waals surface area contributed by atoms with Crippen molar-refractivity contribution in [3.63, 3.8) is 0 Å². The first kappa shape index (κ1) is 35.7. The van der Waals surface area contributed by atoms with Crippen molar-refractivity contribution in [2.24, 2.45) is 0 Å². The molecule has 4 heteroatoms. The van der Waals surface area contributed by atoms with Crippen molar-refractivity contribution in [3.8, 4) is 0 Å². The second-order valence-corrected chi connectivity index (χ2v) is 30.6. The molecule has 41 heavy (non-hydrogen) atoms. The molecule has 1 aliphatic rings. The minimum Gasteiger partial charge on any atom is -0.0609 e. The van der Waals surface area contributed by atoms with Gasteiger partial charge in [0.1, 0.15) is 2.72 Å². The Morgan fingerprint density at radius 1 is 0.390 bits per heavy atom. The van der Waals surface area contributed by atoms with Crippen molar-refractivity contribution in [1.29, 1.82) is 0 Å². The maximum atomic E-state index is 4.39. The van der Waals surface area contributed by atoms with Gasteiger partial charge in [-0.1, -0.05) is 181 Å². The highest BCUT2D eigenvalue weighted by Gasteiger charge is 2.66. The molecule has 2 aromatic rings. The van der Waals surface area contributed by atoms with Gasteiger partial charge in [-0.2, -0.15) is 0 Å². The Hall–Kier alpha value is 0.260. The topological polar surface area (TPSA) is 0 Å². The monoisotopic (exact) mass is 722 g/mol. The van der Waals surface area contributed by atoms with Crippen molar-refractivity contribution >= 4 is 57.7 Å². The molecule has 1 aliphatic heterocycles. The third-order valence-corrected chi connectivity index (χ3v) is 23.5. The average Bonchev–Trinajstić information content (AvgIpc) is 3.28. The Kier molecular flexibility index (Phi) is 9.30. The first-order valence-corrected chi connectivity index (χ1v) is 20.3. The van der Waals surface area contributed by atoms with Crippen LogP contribution in [0.5, 0.6) is 0 Å². The van der Waals surface area contributed by atoms with E-state index in [-0.39, 0.29) is 35.2 Å². The van der Waals surface area contributed by atoms with Crippen LogP contribution < -0.4 is 10.6 Å². The van der Waals surface area contributed by atoms with Gasteiger partial charge in [0.2, 0.25) is 0 Å². The maximum absolute atomic E-state index is 4.39. The lowest BCUT2D eigenvalue weighted by Crippen LogP contribution is -2.31. The Morgan fingerprint density at radius 2 is 0.585 bits per heavy atom. The van der Waals surface area contributed by atoms with Crippen LogP contribution in [-0.4, -0.2) is 2.72 Å². The summed E-state index contributed by atoms with van der Waals surface area (Å²) < 4.78 is -0.0723. The Morgan fingerprint density at radius 3 is 0.732 bits per heavy atom. The fourth-order valence-electron chi connectivity index (χ4n) is 5.53. The number of rotatable bonds is 2. The zero-order valence-corrected chi connectivity index (χ0v) is 34.4. The van der Waals surface area contributed by atoms with Gasteiger partial charge < -0.3 is 0 Å². The zero-order valence-electron chi connectivity index (χ0n) is 29.5. The zero-order chi connectivity index (χ0) is 32.1. The molecule has 1 fully saturated rings. The fraction of sp³-hybridized carbons (Fsp3) is 0.676. The Balaban J connectivity index is 2.50. The van der Waals surface area contributed by atoms with Crippen molar-refractivity contribution < 1.29 is 0 Å². The van der Waals surface area contributed by atoms with E-state index in [0.717, 1.165) is 0 Å². The van der Waals surface area contributed by atoms with E-state index in [2.05, 4.69) is 181 Å². The molecule has 0 bridgehead atoms. The van der Waals surface area contributed by atoms with Crippen molar-refractivity contribution in [2.75, 3.05) is 0 Å². The van der Waals surface area contributed by atoms with Crippen molar-refractivity contribution in [1.82, 2.24) is 0 Å². The highest BCUT2D eigenvalue weighted by Crippen LogP contribution is 3.06. The summed E-state index contributed by atoms with van der Waals surface area (Å²) in [5.41, 5.74) is 9.45. The largest absolute Gasteiger partial charge is 0.135 e. The molecule has 0 N–H and O–H groups in total. The number of hydrogen-bond acceptors (Lipinski definition) is 0. The van der Waals surface area contributed by atoms with E-state index >= 15 is 0 Å². The van der Waals surface area contributed by atoms with Crippen LogP contribution >= 0.6 is 47.1 Å². The first-order valence-electron chi connectivity index (χ1n) is 15.3. The minimum absolute atomic E-state index is 0.0500.